The molecule has 0 unspecified atom stereocenters. The van der Waals surface area contributed by atoms with E-state index >= 15 is 0 Å². The zero-order chi connectivity index (χ0) is 14.8. The molecule has 1 aromatic carbocycles. The Kier molecular flexibility index (Phi) is 3.62. The SMILES string of the molecule is COc1cc(-c2cccc3c2C[C@H](N)CO3)c(OC)nn1. The van der Waals surface area contributed by atoms with Crippen LogP contribution in [-0.4, -0.2) is 37.1 Å². The van der Waals surface area contributed by atoms with Gasteiger partial charge in [0, 0.05) is 17.7 Å². The van der Waals surface area contributed by atoms with E-state index in [9.17, 15) is 0 Å². The second kappa shape index (κ2) is 5.57. The molecular weight excluding hydrogens is 270 g/mol. The summed E-state index contributed by atoms with van der Waals surface area (Å²) < 4.78 is 16.2. The van der Waals surface area contributed by atoms with Crippen molar-refractivity contribution in [1.29, 1.82) is 0 Å². The number of nitrogens with two attached hydrogens (primary N) is 1. The minimum Gasteiger partial charge on any atom is -0.492 e. The van der Waals surface area contributed by atoms with Crippen LogP contribution in [0.5, 0.6) is 17.5 Å². The molecule has 2 N–H and O–H groups in total. The Bertz CT molecular complexity index is 661. The van der Waals surface area contributed by atoms with Gasteiger partial charge in [0.15, 0.2) is 0 Å². The summed E-state index contributed by atoms with van der Waals surface area (Å²) in [5.74, 6) is 1.74. The number of nitrogens with zero attached hydrogens (tertiary/aromatic N) is 2. The molecule has 0 fully saturated rings. The maximum absolute atomic E-state index is 6.01. The highest BCUT2D eigenvalue weighted by molar-refractivity contribution is 5.75. The molecule has 0 amide bonds. The summed E-state index contributed by atoms with van der Waals surface area (Å²) in [6.07, 6.45) is 0.749. The molecule has 2 aromatic rings. The number of rotatable bonds is 3. The second-order valence-electron chi connectivity index (χ2n) is 4.87. The van der Waals surface area contributed by atoms with Gasteiger partial charge in [0.1, 0.15) is 12.4 Å². The Morgan fingerprint density at radius 2 is 2.05 bits per heavy atom. The number of hydrogen-bond donors (Lipinski definition) is 1. The molecule has 1 aliphatic rings. The topological polar surface area (TPSA) is 79.5 Å². The average Bonchev–Trinajstić information content (AvgIpc) is 2.53. The van der Waals surface area contributed by atoms with E-state index in [-0.39, 0.29) is 6.04 Å². The van der Waals surface area contributed by atoms with Crippen molar-refractivity contribution in [3.63, 3.8) is 0 Å². The fourth-order valence-electron chi connectivity index (χ4n) is 2.49. The van der Waals surface area contributed by atoms with Crippen molar-refractivity contribution in [2.45, 2.75) is 12.5 Å². The zero-order valence-corrected chi connectivity index (χ0v) is 12.0. The standard InChI is InChI=1S/C15H17N3O3/c1-19-14-7-12(15(20-2)18-17-14)10-4-3-5-13-11(10)6-9(16)8-21-13/h3-5,7,9H,6,8,16H2,1-2H3/t9-/m0/s1. The van der Waals surface area contributed by atoms with Crippen LogP contribution in [-0.2, 0) is 6.42 Å². The summed E-state index contributed by atoms with van der Waals surface area (Å²) in [6, 6.07) is 7.68. The molecular formula is C15H17N3O3. The third-order valence-corrected chi connectivity index (χ3v) is 3.48. The van der Waals surface area contributed by atoms with Crippen molar-refractivity contribution in [1.82, 2.24) is 10.2 Å². The number of fused-ring (bicyclic) bond motifs is 1. The maximum Gasteiger partial charge on any atom is 0.241 e. The highest BCUT2D eigenvalue weighted by atomic mass is 16.5. The van der Waals surface area contributed by atoms with Gasteiger partial charge in [-0.15, -0.1) is 10.2 Å². The summed E-state index contributed by atoms with van der Waals surface area (Å²) in [7, 11) is 3.12. The summed E-state index contributed by atoms with van der Waals surface area (Å²) in [5.41, 5.74) is 8.87. The van der Waals surface area contributed by atoms with E-state index < -0.39 is 0 Å². The molecule has 6 nitrogen and oxygen atoms in total. The van der Waals surface area contributed by atoms with Gasteiger partial charge in [-0.2, -0.15) is 0 Å². The van der Waals surface area contributed by atoms with Crippen molar-refractivity contribution < 1.29 is 14.2 Å². The predicted molar refractivity (Wildman–Crippen MR) is 77.7 cm³/mol. The van der Waals surface area contributed by atoms with Crippen LogP contribution in [0, 0.1) is 0 Å². The van der Waals surface area contributed by atoms with Gasteiger partial charge < -0.3 is 19.9 Å². The van der Waals surface area contributed by atoms with Gasteiger partial charge in [-0.05, 0) is 18.1 Å². The Morgan fingerprint density at radius 1 is 1.19 bits per heavy atom. The normalized spacial score (nSPS) is 16.8. The largest absolute Gasteiger partial charge is 0.492 e. The first kappa shape index (κ1) is 13.6. The lowest BCUT2D eigenvalue weighted by atomic mass is 9.94. The van der Waals surface area contributed by atoms with Crippen LogP contribution >= 0.6 is 0 Å². The first-order valence-corrected chi connectivity index (χ1v) is 6.69. The molecule has 0 saturated carbocycles. The molecule has 6 heteroatoms. The molecule has 0 spiro atoms. The molecule has 110 valence electrons. The molecule has 3 rings (SSSR count). The number of methoxy groups -OCH3 is 2. The Balaban J connectivity index is 2.16. The van der Waals surface area contributed by atoms with E-state index in [1.165, 1.54) is 0 Å². The van der Waals surface area contributed by atoms with Crippen LogP contribution in [0.2, 0.25) is 0 Å². The van der Waals surface area contributed by atoms with Crippen LogP contribution in [0.15, 0.2) is 24.3 Å². The van der Waals surface area contributed by atoms with Crippen molar-refractivity contribution in [3.05, 3.63) is 29.8 Å². The Labute approximate surface area is 122 Å². The quantitative estimate of drug-likeness (QED) is 0.919. The van der Waals surface area contributed by atoms with Gasteiger partial charge in [0.25, 0.3) is 0 Å². The monoisotopic (exact) mass is 287 g/mol. The third-order valence-electron chi connectivity index (χ3n) is 3.48. The molecule has 1 atom stereocenters. The van der Waals surface area contributed by atoms with E-state index in [0.717, 1.165) is 28.9 Å². The van der Waals surface area contributed by atoms with Gasteiger partial charge in [-0.1, -0.05) is 12.1 Å². The van der Waals surface area contributed by atoms with Gasteiger partial charge in [-0.25, -0.2) is 0 Å². The predicted octanol–water partition coefficient (Wildman–Crippen LogP) is 1.42. The van der Waals surface area contributed by atoms with Gasteiger partial charge in [-0.3, -0.25) is 0 Å². The lowest BCUT2D eigenvalue weighted by Crippen LogP contribution is -2.34. The van der Waals surface area contributed by atoms with Crippen LogP contribution in [0.3, 0.4) is 0 Å². The molecule has 0 aliphatic carbocycles. The van der Waals surface area contributed by atoms with Crippen molar-refractivity contribution in [3.8, 4) is 28.6 Å². The Hall–Kier alpha value is -2.34. The molecule has 0 radical (unpaired) electrons. The second-order valence-corrected chi connectivity index (χ2v) is 4.87. The smallest absolute Gasteiger partial charge is 0.241 e. The summed E-state index contributed by atoms with van der Waals surface area (Å²) >= 11 is 0. The number of benzene rings is 1. The van der Waals surface area contributed by atoms with Gasteiger partial charge >= 0.3 is 0 Å². The highest BCUT2D eigenvalue weighted by Crippen LogP contribution is 2.38. The minimum atomic E-state index is -0.0127. The van der Waals surface area contributed by atoms with E-state index in [0.29, 0.717) is 18.4 Å². The van der Waals surface area contributed by atoms with Crippen LogP contribution in [0.25, 0.3) is 11.1 Å². The third kappa shape index (κ3) is 2.50. The molecule has 2 heterocycles. The maximum atomic E-state index is 6.01. The van der Waals surface area contributed by atoms with Crippen LogP contribution < -0.4 is 19.9 Å². The van der Waals surface area contributed by atoms with E-state index in [2.05, 4.69) is 10.2 Å². The van der Waals surface area contributed by atoms with Crippen LogP contribution in [0.4, 0.5) is 0 Å². The Morgan fingerprint density at radius 3 is 2.81 bits per heavy atom. The summed E-state index contributed by atoms with van der Waals surface area (Å²) in [6.45, 7) is 0.533. The zero-order valence-electron chi connectivity index (χ0n) is 12.0. The molecule has 1 aliphatic heterocycles. The fourth-order valence-corrected chi connectivity index (χ4v) is 2.49. The summed E-state index contributed by atoms with van der Waals surface area (Å²) in [4.78, 5) is 0. The van der Waals surface area contributed by atoms with E-state index in [4.69, 9.17) is 19.9 Å². The number of aromatic nitrogens is 2. The lowest BCUT2D eigenvalue weighted by Gasteiger charge is -2.25. The van der Waals surface area contributed by atoms with Gasteiger partial charge in [0.05, 0.1) is 19.8 Å². The average molecular weight is 287 g/mol. The number of hydrogen-bond acceptors (Lipinski definition) is 6. The molecule has 21 heavy (non-hydrogen) atoms. The van der Waals surface area contributed by atoms with Crippen LogP contribution in [0.1, 0.15) is 5.56 Å². The summed E-state index contributed by atoms with van der Waals surface area (Å²) in [5, 5.41) is 7.97. The minimum absolute atomic E-state index is 0.0127. The van der Waals surface area contributed by atoms with Crippen molar-refractivity contribution in [2.75, 3.05) is 20.8 Å². The van der Waals surface area contributed by atoms with Crippen molar-refractivity contribution >= 4 is 0 Å². The first-order chi connectivity index (χ1) is 10.2. The van der Waals surface area contributed by atoms with E-state index in [1.54, 1.807) is 14.2 Å². The molecule has 0 saturated heterocycles. The van der Waals surface area contributed by atoms with E-state index in [1.807, 2.05) is 24.3 Å². The molecule has 0 bridgehead atoms. The molecule has 1 aromatic heterocycles. The highest BCUT2D eigenvalue weighted by Gasteiger charge is 2.22. The fraction of sp³-hybridized carbons (Fsp3) is 0.333. The lowest BCUT2D eigenvalue weighted by molar-refractivity contribution is 0.264. The van der Waals surface area contributed by atoms with Gasteiger partial charge in [0.2, 0.25) is 11.8 Å². The number of ether oxygens (including phenoxy) is 3. The first-order valence-electron chi connectivity index (χ1n) is 6.69. The van der Waals surface area contributed by atoms with Crippen molar-refractivity contribution in [2.24, 2.45) is 5.73 Å².